The van der Waals surface area contributed by atoms with Crippen molar-refractivity contribution >= 4 is 11.8 Å². The number of nitrogens with zero attached hydrogens (tertiary/aromatic N) is 2. The molecule has 1 aromatic rings. The molecule has 25 heavy (non-hydrogen) atoms. The molecule has 7 nitrogen and oxygen atoms in total. The highest BCUT2D eigenvalue weighted by molar-refractivity contribution is 5.86. The monoisotopic (exact) mass is 347 g/mol. The number of nitrogens with one attached hydrogen (secondary N) is 1. The van der Waals surface area contributed by atoms with Crippen LogP contribution in [0.15, 0.2) is 18.2 Å². The Morgan fingerprint density at radius 1 is 1.28 bits per heavy atom. The molecule has 2 heterocycles. The van der Waals surface area contributed by atoms with Gasteiger partial charge in [-0.2, -0.15) is 0 Å². The zero-order valence-electron chi connectivity index (χ0n) is 14.8. The molecule has 0 bridgehead atoms. The summed E-state index contributed by atoms with van der Waals surface area (Å²) in [6.45, 7) is 2.43. The number of carbonyl (C=O) groups excluding carboxylic acids is 2. The van der Waals surface area contributed by atoms with Crippen molar-refractivity contribution in [3.63, 3.8) is 0 Å². The normalized spacial score (nSPS) is 21.1. The van der Waals surface area contributed by atoms with Crippen LogP contribution in [-0.4, -0.2) is 68.6 Å². The average Bonchev–Trinajstić information content (AvgIpc) is 3.09. The van der Waals surface area contributed by atoms with E-state index in [1.807, 2.05) is 18.2 Å². The highest BCUT2D eigenvalue weighted by atomic mass is 16.5. The van der Waals surface area contributed by atoms with Crippen LogP contribution in [0.25, 0.3) is 0 Å². The van der Waals surface area contributed by atoms with E-state index >= 15 is 0 Å². The van der Waals surface area contributed by atoms with E-state index in [0.717, 1.165) is 36.4 Å². The number of benzene rings is 1. The molecular formula is C18H25N3O4. The number of methoxy groups -OCH3 is 2. The van der Waals surface area contributed by atoms with Gasteiger partial charge >= 0.3 is 0 Å². The Labute approximate surface area is 147 Å². The molecule has 0 spiro atoms. The number of carbonyl (C=O) groups is 2. The maximum absolute atomic E-state index is 12.6. The van der Waals surface area contributed by atoms with Gasteiger partial charge in [0.15, 0.2) is 0 Å². The minimum absolute atomic E-state index is 0.00335. The summed E-state index contributed by atoms with van der Waals surface area (Å²) in [5.41, 5.74) is 1.04. The van der Waals surface area contributed by atoms with Gasteiger partial charge in [0.25, 0.3) is 0 Å². The number of piperazine rings is 1. The number of likely N-dealkylation sites (tertiary alicyclic amines) is 1. The van der Waals surface area contributed by atoms with Crippen LogP contribution in [0.3, 0.4) is 0 Å². The third kappa shape index (κ3) is 3.87. The Hall–Kier alpha value is -2.28. The molecule has 0 aliphatic carbocycles. The fourth-order valence-corrected chi connectivity index (χ4v) is 3.59. The standard InChI is InChI=1S/C18H25N3O4/c1-24-13-5-6-16(25-2)14(10-13)15-4-3-8-20(15)12-18(23)21-9-7-19-17(22)11-21/h5-6,10,15H,3-4,7-9,11-12H2,1-2H3,(H,19,22). The maximum Gasteiger partial charge on any atom is 0.239 e. The SMILES string of the molecule is COc1ccc(OC)c(C2CCCN2CC(=O)N2CCNC(=O)C2)c1. The zero-order chi connectivity index (χ0) is 17.8. The molecule has 1 aromatic carbocycles. The van der Waals surface area contributed by atoms with Gasteiger partial charge in [0.05, 0.1) is 27.3 Å². The van der Waals surface area contributed by atoms with E-state index in [-0.39, 0.29) is 24.4 Å². The van der Waals surface area contributed by atoms with E-state index in [0.29, 0.717) is 19.6 Å². The van der Waals surface area contributed by atoms with Crippen molar-refractivity contribution in [2.24, 2.45) is 0 Å². The summed E-state index contributed by atoms with van der Waals surface area (Å²) < 4.78 is 10.9. The average molecular weight is 347 g/mol. The lowest BCUT2D eigenvalue weighted by Gasteiger charge is -2.31. The topological polar surface area (TPSA) is 71.1 Å². The number of amides is 2. The molecule has 1 N–H and O–H groups in total. The number of hydrogen-bond donors (Lipinski definition) is 1. The van der Waals surface area contributed by atoms with Crippen molar-refractivity contribution in [1.82, 2.24) is 15.1 Å². The van der Waals surface area contributed by atoms with Crippen LogP contribution in [-0.2, 0) is 9.59 Å². The van der Waals surface area contributed by atoms with Crippen LogP contribution in [0.1, 0.15) is 24.4 Å². The fraction of sp³-hybridized carbons (Fsp3) is 0.556. The molecule has 2 aliphatic rings. The van der Waals surface area contributed by atoms with Crippen molar-refractivity contribution in [3.05, 3.63) is 23.8 Å². The first-order valence-electron chi connectivity index (χ1n) is 8.63. The predicted octanol–water partition coefficient (Wildman–Crippen LogP) is 0.799. The van der Waals surface area contributed by atoms with Crippen LogP contribution in [0, 0.1) is 0 Å². The summed E-state index contributed by atoms with van der Waals surface area (Å²) in [6, 6.07) is 5.88. The highest BCUT2D eigenvalue weighted by Gasteiger charge is 2.32. The molecule has 7 heteroatoms. The highest BCUT2D eigenvalue weighted by Crippen LogP contribution is 2.38. The molecule has 1 unspecified atom stereocenters. The van der Waals surface area contributed by atoms with E-state index in [9.17, 15) is 9.59 Å². The Kier molecular flexibility index (Phi) is 5.43. The summed E-state index contributed by atoms with van der Waals surface area (Å²) >= 11 is 0. The van der Waals surface area contributed by atoms with Crippen LogP contribution >= 0.6 is 0 Å². The van der Waals surface area contributed by atoms with Gasteiger partial charge in [0, 0.05) is 24.7 Å². The van der Waals surface area contributed by atoms with Crippen LogP contribution in [0.4, 0.5) is 0 Å². The van der Waals surface area contributed by atoms with Crippen LogP contribution in [0.2, 0.25) is 0 Å². The quantitative estimate of drug-likeness (QED) is 0.853. The first kappa shape index (κ1) is 17.5. The summed E-state index contributed by atoms with van der Waals surface area (Å²) in [7, 11) is 3.30. The Morgan fingerprint density at radius 3 is 2.84 bits per heavy atom. The van der Waals surface area contributed by atoms with E-state index in [2.05, 4.69) is 10.2 Å². The summed E-state index contributed by atoms with van der Waals surface area (Å²) in [6.07, 6.45) is 2.00. The third-order valence-corrected chi connectivity index (χ3v) is 4.89. The fourth-order valence-electron chi connectivity index (χ4n) is 3.59. The van der Waals surface area contributed by atoms with Crippen LogP contribution < -0.4 is 14.8 Å². The van der Waals surface area contributed by atoms with E-state index in [4.69, 9.17) is 9.47 Å². The second-order valence-corrected chi connectivity index (χ2v) is 6.40. The molecule has 2 saturated heterocycles. The smallest absolute Gasteiger partial charge is 0.239 e. The van der Waals surface area contributed by atoms with Gasteiger partial charge in [-0.15, -0.1) is 0 Å². The van der Waals surface area contributed by atoms with Gasteiger partial charge in [0.1, 0.15) is 11.5 Å². The van der Waals surface area contributed by atoms with Crippen molar-refractivity contribution in [1.29, 1.82) is 0 Å². The molecule has 2 aliphatic heterocycles. The first-order chi connectivity index (χ1) is 12.1. The van der Waals surface area contributed by atoms with Crippen molar-refractivity contribution in [3.8, 4) is 11.5 Å². The van der Waals surface area contributed by atoms with E-state index in [1.54, 1.807) is 19.1 Å². The van der Waals surface area contributed by atoms with E-state index in [1.165, 1.54) is 0 Å². The summed E-state index contributed by atoms with van der Waals surface area (Å²) in [4.78, 5) is 27.9. The van der Waals surface area contributed by atoms with Gasteiger partial charge in [0.2, 0.25) is 11.8 Å². The number of ether oxygens (including phenoxy) is 2. The summed E-state index contributed by atoms with van der Waals surface area (Å²) in [5.74, 6) is 1.50. The van der Waals surface area contributed by atoms with Gasteiger partial charge in [-0.3, -0.25) is 14.5 Å². The molecule has 0 aromatic heterocycles. The maximum atomic E-state index is 12.6. The molecule has 136 valence electrons. The molecule has 0 saturated carbocycles. The number of hydrogen-bond acceptors (Lipinski definition) is 5. The molecular weight excluding hydrogens is 322 g/mol. The van der Waals surface area contributed by atoms with Gasteiger partial charge in [-0.05, 0) is 37.6 Å². The lowest BCUT2D eigenvalue weighted by molar-refractivity contribution is -0.139. The minimum Gasteiger partial charge on any atom is -0.497 e. The van der Waals surface area contributed by atoms with Crippen molar-refractivity contribution < 1.29 is 19.1 Å². The zero-order valence-corrected chi connectivity index (χ0v) is 14.8. The second-order valence-electron chi connectivity index (χ2n) is 6.40. The van der Waals surface area contributed by atoms with Gasteiger partial charge < -0.3 is 19.7 Å². The molecule has 0 radical (unpaired) electrons. The van der Waals surface area contributed by atoms with Gasteiger partial charge in [-0.1, -0.05) is 0 Å². The molecule has 1 atom stereocenters. The lowest BCUT2D eigenvalue weighted by Crippen LogP contribution is -2.52. The first-order valence-corrected chi connectivity index (χ1v) is 8.63. The second kappa shape index (κ2) is 7.74. The summed E-state index contributed by atoms with van der Waals surface area (Å²) in [5, 5.41) is 2.75. The Bertz CT molecular complexity index is 649. The Balaban J connectivity index is 1.74. The minimum atomic E-state index is -0.0907. The molecule has 2 amide bonds. The largest absolute Gasteiger partial charge is 0.497 e. The van der Waals surface area contributed by atoms with Gasteiger partial charge in [-0.25, -0.2) is 0 Å². The van der Waals surface area contributed by atoms with Crippen molar-refractivity contribution in [2.45, 2.75) is 18.9 Å². The Morgan fingerprint density at radius 2 is 2.12 bits per heavy atom. The third-order valence-electron chi connectivity index (χ3n) is 4.89. The van der Waals surface area contributed by atoms with Crippen molar-refractivity contribution in [2.75, 3.05) is 46.9 Å². The molecule has 3 rings (SSSR count). The van der Waals surface area contributed by atoms with E-state index < -0.39 is 0 Å². The lowest BCUT2D eigenvalue weighted by atomic mass is 10.0. The predicted molar refractivity (Wildman–Crippen MR) is 92.7 cm³/mol. The number of rotatable bonds is 5. The van der Waals surface area contributed by atoms with Crippen LogP contribution in [0.5, 0.6) is 11.5 Å². The molecule has 2 fully saturated rings.